The van der Waals surface area contributed by atoms with Crippen molar-refractivity contribution in [3.8, 4) is 0 Å². The van der Waals surface area contributed by atoms with Crippen molar-refractivity contribution >= 4 is 39.5 Å². The van der Waals surface area contributed by atoms with Gasteiger partial charge in [0.2, 0.25) is 0 Å². The third kappa shape index (κ3) is 72.4. The number of hydrogen-bond donors (Lipinski definition) is 3. The van der Waals surface area contributed by atoms with Crippen LogP contribution in [0, 0.1) is 17.8 Å². The Hall–Kier alpha value is -1.94. The van der Waals surface area contributed by atoms with Crippen LogP contribution >= 0.6 is 15.6 Å². The molecule has 0 fully saturated rings. The van der Waals surface area contributed by atoms with Gasteiger partial charge in [-0.15, -0.1) is 0 Å². The monoisotopic (exact) mass is 1440 g/mol. The highest BCUT2D eigenvalue weighted by molar-refractivity contribution is 7.47. The van der Waals surface area contributed by atoms with Gasteiger partial charge in [0, 0.05) is 25.7 Å². The first-order valence-electron chi connectivity index (χ1n) is 40.8. The Morgan fingerprint density at radius 2 is 0.469 bits per heavy atom. The van der Waals surface area contributed by atoms with Crippen LogP contribution in [-0.4, -0.2) is 96.7 Å². The minimum absolute atomic E-state index is 0.106. The largest absolute Gasteiger partial charge is 0.472 e. The molecule has 0 radical (unpaired) electrons. The highest BCUT2D eigenvalue weighted by Gasteiger charge is 2.30. The van der Waals surface area contributed by atoms with E-state index in [0.29, 0.717) is 31.6 Å². The third-order valence-corrected chi connectivity index (χ3v) is 20.3. The first kappa shape index (κ1) is 96.1. The lowest BCUT2D eigenvalue weighted by Crippen LogP contribution is -2.30. The Labute approximate surface area is 600 Å². The van der Waals surface area contributed by atoms with Crippen LogP contribution in [0.1, 0.15) is 408 Å². The summed E-state index contributed by atoms with van der Waals surface area (Å²) < 4.78 is 68.6. The molecule has 0 aromatic carbocycles. The molecule has 0 aromatic rings. The Morgan fingerprint density at radius 3 is 0.694 bits per heavy atom. The van der Waals surface area contributed by atoms with Gasteiger partial charge in [0.1, 0.15) is 19.3 Å². The van der Waals surface area contributed by atoms with Gasteiger partial charge in [-0.05, 0) is 43.4 Å². The van der Waals surface area contributed by atoms with Gasteiger partial charge in [0.15, 0.2) is 12.2 Å². The molecule has 0 bridgehead atoms. The lowest BCUT2D eigenvalue weighted by molar-refractivity contribution is -0.161. The zero-order chi connectivity index (χ0) is 72.3. The summed E-state index contributed by atoms with van der Waals surface area (Å²) in [7, 11) is -9.92. The number of phosphoric ester groups is 2. The van der Waals surface area contributed by atoms with E-state index < -0.39 is 97.5 Å². The van der Waals surface area contributed by atoms with Gasteiger partial charge in [-0.3, -0.25) is 37.3 Å². The normalized spacial score (nSPS) is 14.0. The molecule has 17 nitrogen and oxygen atoms in total. The second-order valence-corrected chi connectivity index (χ2v) is 32.8. The van der Waals surface area contributed by atoms with E-state index in [1.165, 1.54) is 212 Å². The van der Waals surface area contributed by atoms with Crippen LogP contribution in [0.5, 0.6) is 0 Å². The molecule has 98 heavy (non-hydrogen) atoms. The number of carbonyl (C=O) groups excluding carboxylic acids is 4. The smallest absolute Gasteiger partial charge is 0.462 e. The zero-order valence-corrected chi connectivity index (χ0v) is 66.0. The second-order valence-electron chi connectivity index (χ2n) is 29.9. The minimum atomic E-state index is -4.96. The topological polar surface area (TPSA) is 237 Å². The highest BCUT2D eigenvalue weighted by Crippen LogP contribution is 2.45. The third-order valence-electron chi connectivity index (χ3n) is 18.4. The number of aliphatic hydroxyl groups excluding tert-OH is 1. The van der Waals surface area contributed by atoms with Crippen LogP contribution in [0.25, 0.3) is 0 Å². The van der Waals surface area contributed by atoms with E-state index >= 15 is 0 Å². The average molecular weight is 1440 g/mol. The summed E-state index contributed by atoms with van der Waals surface area (Å²) in [6.45, 7) is 11.9. The second kappa shape index (κ2) is 69.4. The van der Waals surface area contributed by atoms with Gasteiger partial charge < -0.3 is 33.8 Å². The van der Waals surface area contributed by atoms with Crippen molar-refractivity contribution in [1.29, 1.82) is 0 Å². The number of carbonyl (C=O) groups is 4. The van der Waals surface area contributed by atoms with Crippen molar-refractivity contribution in [2.45, 2.75) is 426 Å². The van der Waals surface area contributed by atoms with Crippen LogP contribution in [-0.2, 0) is 65.4 Å². The maximum Gasteiger partial charge on any atom is 0.472 e. The van der Waals surface area contributed by atoms with Gasteiger partial charge in [0.05, 0.1) is 26.4 Å². The molecule has 0 aliphatic carbocycles. The van der Waals surface area contributed by atoms with Gasteiger partial charge in [-0.1, -0.05) is 357 Å². The predicted octanol–water partition coefficient (Wildman–Crippen LogP) is 23.4. The molecule has 582 valence electrons. The maximum atomic E-state index is 13.1. The van der Waals surface area contributed by atoms with Crippen molar-refractivity contribution < 1.29 is 80.2 Å². The Kier molecular flexibility index (Phi) is 68.1. The molecular weight excluding hydrogens is 1280 g/mol. The molecular formula is C79H154O17P2. The van der Waals surface area contributed by atoms with E-state index in [1.54, 1.807) is 0 Å². The van der Waals surface area contributed by atoms with Crippen molar-refractivity contribution in [2.24, 2.45) is 17.8 Å². The summed E-state index contributed by atoms with van der Waals surface area (Å²) >= 11 is 0. The number of esters is 4. The fraction of sp³-hybridized carbons (Fsp3) is 0.949. The van der Waals surface area contributed by atoms with Gasteiger partial charge in [-0.2, -0.15) is 0 Å². The molecule has 0 aliphatic rings. The molecule has 0 saturated carbocycles. The summed E-state index contributed by atoms with van der Waals surface area (Å²) in [6, 6.07) is 0. The summed E-state index contributed by atoms with van der Waals surface area (Å²) in [5.74, 6) is 0.147. The summed E-state index contributed by atoms with van der Waals surface area (Å²) in [5.41, 5.74) is 0. The molecule has 0 heterocycles. The Bertz CT molecular complexity index is 1900. The first-order chi connectivity index (χ1) is 47.2. The number of hydrogen-bond acceptors (Lipinski definition) is 15. The van der Waals surface area contributed by atoms with Crippen LogP contribution in [0.15, 0.2) is 0 Å². The van der Waals surface area contributed by atoms with Crippen LogP contribution in [0.3, 0.4) is 0 Å². The lowest BCUT2D eigenvalue weighted by atomic mass is 10.0. The number of aliphatic hydroxyl groups is 1. The van der Waals surface area contributed by atoms with Crippen molar-refractivity contribution in [1.82, 2.24) is 0 Å². The van der Waals surface area contributed by atoms with E-state index in [1.807, 2.05) is 0 Å². The van der Waals surface area contributed by atoms with Crippen molar-refractivity contribution in [3.63, 3.8) is 0 Å². The molecule has 0 rings (SSSR count). The summed E-state index contributed by atoms with van der Waals surface area (Å²) in [6.07, 6.45) is 56.9. The van der Waals surface area contributed by atoms with E-state index in [9.17, 15) is 43.2 Å². The molecule has 0 aromatic heterocycles. The van der Waals surface area contributed by atoms with Gasteiger partial charge in [-0.25, -0.2) is 9.13 Å². The summed E-state index contributed by atoms with van der Waals surface area (Å²) in [5, 5.41) is 10.6. The number of phosphoric acid groups is 2. The fourth-order valence-corrected chi connectivity index (χ4v) is 13.7. The number of ether oxygens (including phenoxy) is 4. The fourth-order valence-electron chi connectivity index (χ4n) is 12.1. The van der Waals surface area contributed by atoms with E-state index in [2.05, 4.69) is 48.5 Å². The van der Waals surface area contributed by atoms with Crippen molar-refractivity contribution in [3.05, 3.63) is 0 Å². The minimum Gasteiger partial charge on any atom is -0.462 e. The van der Waals surface area contributed by atoms with Crippen LogP contribution in [0.2, 0.25) is 0 Å². The molecule has 5 atom stereocenters. The number of unbranched alkanes of at least 4 members (excludes halogenated alkanes) is 45. The van der Waals surface area contributed by atoms with Gasteiger partial charge in [0.25, 0.3) is 0 Å². The molecule has 0 aliphatic heterocycles. The van der Waals surface area contributed by atoms with Crippen molar-refractivity contribution in [2.75, 3.05) is 39.6 Å². The molecule has 19 heteroatoms. The molecule has 0 spiro atoms. The first-order valence-corrected chi connectivity index (χ1v) is 43.8. The average Bonchev–Trinajstić information content (AvgIpc) is 0.956. The standard InChI is InChI=1S/C79H154O17P2/c1-8-9-10-11-12-13-14-15-16-17-18-19-22-28-33-40-48-55-62-78(83)95-74(66-89-76(81)60-53-46-39-32-27-23-20-21-25-30-36-43-50-57-70(2)3)68-93-97(85,86)91-64-73(80)65-92-98(87,88)94-69-75(67-90-77(82)61-54-47-42-35-38-45-52-59-72(6)7)96-79(84)63-56-49-41-34-29-24-26-31-37-44-51-58-71(4)5/h70-75,80H,8-69H2,1-7H3,(H,85,86)(H,87,88)/t73-,74-,75-/m1/s1. The van der Waals surface area contributed by atoms with Crippen LogP contribution < -0.4 is 0 Å². The zero-order valence-electron chi connectivity index (χ0n) is 64.3. The van der Waals surface area contributed by atoms with E-state index in [0.717, 1.165) is 108 Å². The Balaban J connectivity index is 5.25. The molecule has 2 unspecified atom stereocenters. The van der Waals surface area contributed by atoms with Crippen LogP contribution in [0.4, 0.5) is 0 Å². The lowest BCUT2D eigenvalue weighted by Gasteiger charge is -2.21. The Morgan fingerprint density at radius 1 is 0.276 bits per heavy atom. The molecule has 0 amide bonds. The SMILES string of the molecule is CCCCCCCCCCCCCCCCCCCCC(=O)O[C@H](COC(=O)CCCCCCCCCCCCCCCC(C)C)COP(=O)(O)OC[C@@H](O)COP(=O)(O)OC[C@@H](COC(=O)CCCCCCCCCC(C)C)OC(=O)CCCCCCCCCCCCCC(C)C. The summed E-state index contributed by atoms with van der Waals surface area (Å²) in [4.78, 5) is 72.9. The quantitative estimate of drug-likeness (QED) is 0.0222. The predicted molar refractivity (Wildman–Crippen MR) is 400 cm³/mol. The van der Waals surface area contributed by atoms with Gasteiger partial charge >= 0.3 is 39.5 Å². The number of rotatable bonds is 77. The highest BCUT2D eigenvalue weighted by atomic mass is 31.2. The van der Waals surface area contributed by atoms with E-state index in [-0.39, 0.29) is 25.7 Å². The molecule has 0 saturated heterocycles. The molecule has 3 N–H and O–H groups in total. The maximum absolute atomic E-state index is 13.1. The van der Waals surface area contributed by atoms with E-state index in [4.69, 9.17) is 37.0 Å².